The molecule has 0 saturated carbocycles. The van der Waals surface area contributed by atoms with E-state index in [0.29, 0.717) is 19.5 Å². The summed E-state index contributed by atoms with van der Waals surface area (Å²) in [5.74, 6) is 0.244. The standard InChI is InChI=1S/C29H55N5O3/c1-10-16-30-24(35)19-29(7)15-13-18-34(29)20-23(21(2)3)33(9)27(37)25(28(4,5)6)31-26(36)22-14-11-12-17-32(22)8/h21-23,25H,10-20H2,1-9H3,(H,30,35)(H,31,36)/t22-,23-,25?,29+/m1/s1. The Morgan fingerprint density at radius 3 is 2.35 bits per heavy atom. The Morgan fingerprint density at radius 1 is 1.11 bits per heavy atom. The second kappa shape index (κ2) is 13.4. The van der Waals surface area contributed by atoms with Crippen LogP contribution in [-0.2, 0) is 14.4 Å². The van der Waals surface area contributed by atoms with Crippen LogP contribution in [-0.4, -0.2) is 96.4 Å². The van der Waals surface area contributed by atoms with Crippen LogP contribution in [0.15, 0.2) is 0 Å². The number of hydrogen-bond acceptors (Lipinski definition) is 5. The average Bonchev–Trinajstić information content (AvgIpc) is 3.17. The van der Waals surface area contributed by atoms with Gasteiger partial charge in [0.2, 0.25) is 17.7 Å². The minimum absolute atomic E-state index is 0.0252. The van der Waals surface area contributed by atoms with Crippen LogP contribution in [0.2, 0.25) is 0 Å². The molecule has 3 amide bonds. The highest BCUT2D eigenvalue weighted by Crippen LogP contribution is 2.33. The lowest BCUT2D eigenvalue weighted by Gasteiger charge is -2.43. The zero-order chi connectivity index (χ0) is 28.0. The highest BCUT2D eigenvalue weighted by atomic mass is 16.2. The van der Waals surface area contributed by atoms with Gasteiger partial charge < -0.3 is 15.5 Å². The largest absolute Gasteiger partial charge is 0.356 e. The number of carbonyl (C=O) groups is 3. The average molecular weight is 522 g/mol. The van der Waals surface area contributed by atoms with E-state index in [9.17, 15) is 14.4 Å². The van der Waals surface area contributed by atoms with Crippen molar-refractivity contribution in [3.8, 4) is 0 Å². The van der Waals surface area contributed by atoms with Crippen molar-refractivity contribution in [2.24, 2.45) is 11.3 Å². The summed E-state index contributed by atoms with van der Waals surface area (Å²) in [6.07, 6.45) is 6.41. The summed E-state index contributed by atoms with van der Waals surface area (Å²) in [6, 6.07) is -0.809. The maximum atomic E-state index is 14.0. The second-order valence-corrected chi connectivity index (χ2v) is 13.1. The number of amides is 3. The number of carbonyl (C=O) groups excluding carboxylic acids is 3. The molecule has 0 radical (unpaired) electrons. The Hall–Kier alpha value is -1.67. The molecule has 0 aromatic heterocycles. The summed E-state index contributed by atoms with van der Waals surface area (Å²) < 4.78 is 0. The van der Waals surface area contributed by atoms with Gasteiger partial charge >= 0.3 is 0 Å². The molecule has 0 bridgehead atoms. The van der Waals surface area contributed by atoms with Crippen LogP contribution in [0.1, 0.15) is 93.4 Å². The normalized spacial score (nSPS) is 25.1. The number of nitrogens with zero attached hydrogens (tertiary/aromatic N) is 3. The van der Waals surface area contributed by atoms with Crippen LogP contribution >= 0.6 is 0 Å². The summed E-state index contributed by atoms with van der Waals surface area (Å²) in [5, 5.41) is 6.18. The number of hydrogen-bond donors (Lipinski definition) is 2. The minimum Gasteiger partial charge on any atom is -0.356 e. The van der Waals surface area contributed by atoms with Gasteiger partial charge in [-0.25, -0.2) is 0 Å². The summed E-state index contributed by atoms with van der Waals surface area (Å²) in [4.78, 5) is 46.2. The molecule has 1 unspecified atom stereocenters. The fourth-order valence-corrected chi connectivity index (χ4v) is 5.93. The third kappa shape index (κ3) is 8.41. The lowest BCUT2D eigenvalue weighted by Crippen LogP contribution is -2.61. The molecule has 0 aromatic rings. The minimum atomic E-state index is -0.605. The molecule has 214 valence electrons. The molecule has 2 N–H and O–H groups in total. The smallest absolute Gasteiger partial charge is 0.245 e. The number of piperidine rings is 1. The van der Waals surface area contributed by atoms with Crippen LogP contribution in [0.3, 0.4) is 0 Å². The fourth-order valence-electron chi connectivity index (χ4n) is 5.93. The predicted molar refractivity (Wildman–Crippen MR) is 150 cm³/mol. The van der Waals surface area contributed by atoms with Crippen molar-refractivity contribution in [1.82, 2.24) is 25.3 Å². The van der Waals surface area contributed by atoms with Crippen molar-refractivity contribution >= 4 is 17.7 Å². The quantitative estimate of drug-likeness (QED) is 0.436. The van der Waals surface area contributed by atoms with E-state index in [1.165, 1.54) is 0 Å². The Bertz CT molecular complexity index is 780. The lowest BCUT2D eigenvalue weighted by molar-refractivity contribution is -0.143. The molecule has 2 aliphatic rings. The Labute approximate surface area is 226 Å². The maximum absolute atomic E-state index is 14.0. The van der Waals surface area contributed by atoms with Crippen molar-refractivity contribution in [2.75, 3.05) is 40.3 Å². The number of nitrogens with one attached hydrogen (secondary N) is 2. The molecule has 0 spiro atoms. The van der Waals surface area contributed by atoms with Gasteiger partial charge in [0.15, 0.2) is 0 Å². The highest BCUT2D eigenvalue weighted by molar-refractivity contribution is 5.90. The summed E-state index contributed by atoms with van der Waals surface area (Å²) in [6.45, 7) is 17.9. The predicted octanol–water partition coefficient (Wildman–Crippen LogP) is 3.26. The summed E-state index contributed by atoms with van der Waals surface area (Å²) in [5.41, 5.74) is -0.632. The third-order valence-electron chi connectivity index (χ3n) is 8.52. The molecule has 2 heterocycles. The van der Waals surface area contributed by atoms with Crippen molar-refractivity contribution < 1.29 is 14.4 Å². The van der Waals surface area contributed by atoms with E-state index in [1.54, 1.807) is 0 Å². The van der Waals surface area contributed by atoms with Crippen LogP contribution in [0, 0.1) is 11.3 Å². The van der Waals surface area contributed by atoms with E-state index in [1.807, 2.05) is 39.8 Å². The van der Waals surface area contributed by atoms with E-state index in [2.05, 4.69) is 48.1 Å². The topological polar surface area (TPSA) is 85.0 Å². The van der Waals surface area contributed by atoms with Gasteiger partial charge in [-0.15, -0.1) is 0 Å². The molecule has 0 aliphatic carbocycles. The summed E-state index contributed by atoms with van der Waals surface area (Å²) >= 11 is 0. The van der Waals surface area contributed by atoms with Crippen LogP contribution in [0.5, 0.6) is 0 Å². The molecule has 2 saturated heterocycles. The van der Waals surface area contributed by atoms with Crippen molar-refractivity contribution in [1.29, 1.82) is 0 Å². The van der Waals surface area contributed by atoms with Crippen molar-refractivity contribution in [3.63, 3.8) is 0 Å². The molecule has 2 rings (SSSR count). The highest BCUT2D eigenvalue weighted by Gasteiger charge is 2.43. The molecule has 0 aromatic carbocycles. The first-order chi connectivity index (χ1) is 17.2. The van der Waals surface area contributed by atoms with Crippen LogP contribution < -0.4 is 10.6 Å². The zero-order valence-electron chi connectivity index (χ0n) is 25.2. The molecular weight excluding hydrogens is 466 g/mol. The molecule has 2 fully saturated rings. The first-order valence-electron chi connectivity index (χ1n) is 14.5. The van der Waals surface area contributed by atoms with Gasteiger partial charge in [-0.3, -0.25) is 24.2 Å². The van der Waals surface area contributed by atoms with Gasteiger partial charge in [-0.05, 0) is 70.5 Å². The molecular formula is C29H55N5O3. The Morgan fingerprint density at radius 2 is 1.78 bits per heavy atom. The van der Waals surface area contributed by atoms with Crippen molar-refractivity contribution in [3.05, 3.63) is 0 Å². The SMILES string of the molecule is CCCNC(=O)C[C@]1(C)CCCN1C[C@H](C(C)C)N(C)C(=O)C(NC(=O)[C@H]1CCCCN1C)C(C)(C)C. The van der Waals surface area contributed by atoms with Gasteiger partial charge in [0.05, 0.1) is 6.04 Å². The number of likely N-dealkylation sites (N-methyl/N-ethyl adjacent to an activating group) is 2. The maximum Gasteiger partial charge on any atom is 0.245 e. The van der Waals surface area contributed by atoms with E-state index in [4.69, 9.17) is 0 Å². The van der Waals surface area contributed by atoms with Crippen molar-refractivity contribution in [2.45, 2.75) is 117 Å². The molecule has 4 atom stereocenters. The number of rotatable bonds is 11. The molecule has 8 nitrogen and oxygen atoms in total. The van der Waals surface area contributed by atoms with Gasteiger partial charge in [0.1, 0.15) is 6.04 Å². The Kier molecular flexibility index (Phi) is 11.4. The first kappa shape index (κ1) is 31.5. The second-order valence-electron chi connectivity index (χ2n) is 13.1. The zero-order valence-corrected chi connectivity index (χ0v) is 25.2. The van der Waals surface area contributed by atoms with E-state index >= 15 is 0 Å². The van der Waals surface area contributed by atoms with Crippen LogP contribution in [0.4, 0.5) is 0 Å². The van der Waals surface area contributed by atoms with E-state index in [0.717, 1.165) is 51.6 Å². The molecule has 37 heavy (non-hydrogen) atoms. The van der Waals surface area contributed by atoms with E-state index in [-0.39, 0.29) is 41.3 Å². The lowest BCUT2D eigenvalue weighted by atomic mass is 9.84. The first-order valence-corrected chi connectivity index (χ1v) is 14.5. The van der Waals surface area contributed by atoms with Crippen LogP contribution in [0.25, 0.3) is 0 Å². The van der Waals surface area contributed by atoms with E-state index < -0.39 is 11.5 Å². The number of likely N-dealkylation sites (tertiary alicyclic amines) is 2. The monoisotopic (exact) mass is 521 g/mol. The fraction of sp³-hybridized carbons (Fsp3) is 0.897. The molecule has 2 aliphatic heterocycles. The Balaban J connectivity index is 2.17. The van der Waals surface area contributed by atoms with Gasteiger partial charge in [-0.2, -0.15) is 0 Å². The van der Waals surface area contributed by atoms with Gasteiger partial charge in [0, 0.05) is 38.1 Å². The molecule has 8 heteroatoms. The third-order valence-corrected chi connectivity index (χ3v) is 8.52. The van der Waals surface area contributed by atoms with Gasteiger partial charge in [-0.1, -0.05) is 48.0 Å². The summed E-state index contributed by atoms with van der Waals surface area (Å²) in [7, 11) is 3.87. The van der Waals surface area contributed by atoms with Gasteiger partial charge in [0.25, 0.3) is 0 Å².